The van der Waals surface area contributed by atoms with Gasteiger partial charge < -0.3 is 9.47 Å². The monoisotopic (exact) mass is 830 g/mol. The number of ether oxygens (including phenoxy) is 2. The van der Waals surface area contributed by atoms with Crippen LogP contribution in [0, 0.1) is 17.2 Å². The fourth-order valence-electron chi connectivity index (χ4n) is 6.68. The summed E-state index contributed by atoms with van der Waals surface area (Å²) in [6.45, 7) is 4.60. The molecule has 0 radical (unpaired) electrons. The molecule has 0 amide bonds. The molecular weight excluding hydrogens is 776 g/mol. The highest BCUT2D eigenvalue weighted by atomic mass is 35.5. The summed E-state index contributed by atoms with van der Waals surface area (Å²) in [5.74, 6) is 0.313. The maximum atomic E-state index is 13.5. The molecule has 0 bridgehead atoms. The number of rotatable bonds is 24. The van der Waals surface area contributed by atoms with Crippen LogP contribution >= 0.6 is 11.6 Å². The van der Waals surface area contributed by atoms with Gasteiger partial charge in [-0.25, -0.2) is 31.1 Å². The zero-order valence-corrected chi connectivity index (χ0v) is 35.2. The Morgan fingerprint density at radius 1 is 0.875 bits per heavy atom. The van der Waals surface area contributed by atoms with Crippen LogP contribution in [0.4, 0.5) is 16.2 Å². The summed E-state index contributed by atoms with van der Waals surface area (Å²) in [5.41, 5.74) is 2.13. The second kappa shape index (κ2) is 21.3. The average molecular weight is 832 g/mol. The Morgan fingerprint density at radius 3 is 2.04 bits per heavy atom. The molecule has 56 heavy (non-hydrogen) atoms. The second-order valence-corrected chi connectivity index (χ2v) is 18.4. The molecule has 2 aromatic carbocycles. The smallest absolute Gasteiger partial charge is 0.434 e. The Labute approximate surface area is 336 Å². The fraction of sp³-hybridized carbons (Fsp3) is 0.525. The van der Waals surface area contributed by atoms with Gasteiger partial charge in [-0.1, -0.05) is 115 Å². The van der Waals surface area contributed by atoms with E-state index in [9.17, 15) is 26.9 Å². The van der Waals surface area contributed by atoms with Crippen molar-refractivity contribution in [1.82, 2.24) is 14.6 Å². The summed E-state index contributed by atoms with van der Waals surface area (Å²) in [7, 11) is -7.17. The standard InChI is InChI=1S/C40H55ClN6O7S2/c1-5-7-9-11-13-15-17-30(18-16-14-12-10-8-6-2)28-53-40(48)54-39-33(25-29-19-22-32(23-20-29)45-55(3,49)50)35(27-42)38-43-37(44-47(38)39)34-26-31(41)21-24-36(34)46-56(4,51)52/h19-24,26,30,45-46H,5-18,25,28H2,1-4H3,(H,43,44). The SMILES string of the molecule is CCCCCCCCC(CCCCCCCC)COC(=O)Oc1c(Cc2ccc(NS(C)(=O)=O)cc2)c(C#N)c2nc(-c3cc(Cl)ccc3NS(C)(=O)=O)[nH]n12. The fourth-order valence-corrected chi connectivity index (χ4v) is 8.00. The number of halogens is 1. The number of anilines is 2. The molecular formula is C40H55ClN6O7S2. The molecule has 4 rings (SSSR count). The van der Waals surface area contributed by atoms with Crippen molar-refractivity contribution in [2.24, 2.45) is 5.92 Å². The molecule has 0 unspecified atom stereocenters. The molecule has 0 aliphatic carbocycles. The van der Waals surface area contributed by atoms with E-state index >= 15 is 0 Å². The lowest BCUT2D eigenvalue weighted by atomic mass is 9.95. The zero-order chi connectivity index (χ0) is 40.7. The second-order valence-electron chi connectivity index (χ2n) is 14.5. The number of carbonyl (C=O) groups is 1. The topological polar surface area (TPSA) is 185 Å². The molecule has 0 aliphatic heterocycles. The maximum Gasteiger partial charge on any atom is 0.515 e. The number of nitrogens with zero attached hydrogens (tertiary/aromatic N) is 3. The van der Waals surface area contributed by atoms with Crippen LogP contribution in [-0.4, -0.2) is 56.7 Å². The quantitative estimate of drug-likeness (QED) is 0.0457. The van der Waals surface area contributed by atoms with E-state index in [1.807, 2.05) is 0 Å². The van der Waals surface area contributed by atoms with Gasteiger partial charge in [0.1, 0.15) is 11.6 Å². The summed E-state index contributed by atoms with van der Waals surface area (Å²) in [6.07, 6.45) is 17.3. The van der Waals surface area contributed by atoms with Crippen molar-refractivity contribution in [3.05, 3.63) is 64.2 Å². The summed E-state index contributed by atoms with van der Waals surface area (Å²) in [6, 6.07) is 13.3. The van der Waals surface area contributed by atoms with Gasteiger partial charge in [-0.05, 0) is 54.7 Å². The molecule has 4 aromatic rings. The van der Waals surface area contributed by atoms with E-state index in [2.05, 4.69) is 39.4 Å². The molecule has 0 atom stereocenters. The molecule has 0 saturated carbocycles. The molecule has 16 heteroatoms. The van der Waals surface area contributed by atoms with Crippen LogP contribution in [0.25, 0.3) is 17.0 Å². The first-order valence-electron chi connectivity index (χ1n) is 19.4. The normalized spacial score (nSPS) is 11.9. The highest BCUT2D eigenvalue weighted by Gasteiger charge is 2.27. The van der Waals surface area contributed by atoms with E-state index in [0.717, 1.165) is 51.0 Å². The molecule has 2 aromatic heterocycles. The minimum Gasteiger partial charge on any atom is -0.434 e. The minimum absolute atomic E-state index is 0.0262. The van der Waals surface area contributed by atoms with Crippen LogP contribution in [0.1, 0.15) is 120 Å². The van der Waals surface area contributed by atoms with Crippen LogP contribution in [0.2, 0.25) is 5.02 Å². The van der Waals surface area contributed by atoms with Gasteiger partial charge in [-0.3, -0.25) is 14.5 Å². The van der Waals surface area contributed by atoms with Crippen molar-refractivity contribution in [3.63, 3.8) is 0 Å². The highest BCUT2D eigenvalue weighted by molar-refractivity contribution is 7.92. The molecule has 306 valence electrons. The van der Waals surface area contributed by atoms with Crippen LogP contribution in [0.5, 0.6) is 5.88 Å². The number of aromatic nitrogens is 3. The summed E-state index contributed by atoms with van der Waals surface area (Å²) in [5, 5.41) is 13.8. The Balaban J connectivity index is 1.64. The lowest BCUT2D eigenvalue weighted by Gasteiger charge is -2.17. The zero-order valence-electron chi connectivity index (χ0n) is 32.8. The van der Waals surface area contributed by atoms with Gasteiger partial charge >= 0.3 is 6.16 Å². The van der Waals surface area contributed by atoms with Crippen molar-refractivity contribution in [1.29, 1.82) is 5.26 Å². The average Bonchev–Trinajstić information content (AvgIpc) is 3.67. The predicted molar refractivity (Wildman–Crippen MR) is 222 cm³/mol. The number of hydrogen-bond donors (Lipinski definition) is 3. The van der Waals surface area contributed by atoms with Gasteiger partial charge in [0, 0.05) is 28.3 Å². The first-order valence-corrected chi connectivity index (χ1v) is 23.6. The van der Waals surface area contributed by atoms with E-state index < -0.39 is 26.2 Å². The van der Waals surface area contributed by atoms with E-state index in [1.165, 1.54) is 74.1 Å². The van der Waals surface area contributed by atoms with Gasteiger partial charge in [0.25, 0.3) is 0 Å². The third-order valence-corrected chi connectivity index (χ3v) is 10.9. The van der Waals surface area contributed by atoms with E-state index in [-0.39, 0.29) is 47.5 Å². The van der Waals surface area contributed by atoms with Crippen LogP contribution < -0.4 is 14.2 Å². The van der Waals surface area contributed by atoms with Crippen LogP contribution in [-0.2, 0) is 31.2 Å². The lowest BCUT2D eigenvalue weighted by molar-refractivity contribution is 0.0775. The Morgan fingerprint density at radius 2 is 1.46 bits per heavy atom. The van der Waals surface area contributed by atoms with E-state index in [0.29, 0.717) is 27.4 Å². The molecule has 2 heterocycles. The molecule has 0 aliphatic rings. The summed E-state index contributed by atoms with van der Waals surface area (Å²) in [4.78, 5) is 18.2. The van der Waals surface area contributed by atoms with Gasteiger partial charge in [-0.2, -0.15) is 5.26 Å². The number of nitriles is 1. The molecule has 3 N–H and O–H groups in total. The number of aromatic amines is 1. The van der Waals surface area contributed by atoms with Crippen molar-refractivity contribution >= 4 is 54.8 Å². The number of carbonyl (C=O) groups excluding carboxylic acids is 1. The Bertz CT molecular complexity index is 2140. The number of hydrogen-bond acceptors (Lipinski definition) is 9. The third-order valence-electron chi connectivity index (χ3n) is 9.46. The van der Waals surface area contributed by atoms with Gasteiger partial charge in [0.05, 0.1) is 24.8 Å². The molecule has 0 spiro atoms. The lowest BCUT2D eigenvalue weighted by Crippen LogP contribution is -2.18. The number of nitrogens with one attached hydrogen (secondary N) is 3. The molecule has 0 fully saturated rings. The first kappa shape index (κ1) is 44.5. The number of benzene rings is 2. The van der Waals surface area contributed by atoms with Crippen LogP contribution in [0.15, 0.2) is 42.5 Å². The number of sulfonamides is 2. The molecule has 13 nitrogen and oxygen atoms in total. The summed E-state index contributed by atoms with van der Waals surface area (Å²) >= 11 is 6.31. The third kappa shape index (κ3) is 14.0. The van der Waals surface area contributed by atoms with Crippen molar-refractivity contribution in [2.45, 2.75) is 110 Å². The van der Waals surface area contributed by atoms with Crippen molar-refractivity contribution in [2.75, 3.05) is 28.6 Å². The maximum absolute atomic E-state index is 13.5. The first-order chi connectivity index (χ1) is 26.7. The van der Waals surface area contributed by atoms with Crippen molar-refractivity contribution in [3.8, 4) is 23.3 Å². The minimum atomic E-state index is -3.68. The Hall–Kier alpha value is -4.26. The largest absolute Gasteiger partial charge is 0.515 e. The number of fused-ring (bicyclic) bond motifs is 1. The Kier molecular flexibility index (Phi) is 16.9. The van der Waals surface area contributed by atoms with Crippen LogP contribution in [0.3, 0.4) is 0 Å². The number of unbranched alkanes of at least 4 members (excludes halogenated alkanes) is 10. The highest BCUT2D eigenvalue weighted by Crippen LogP contribution is 2.36. The van der Waals surface area contributed by atoms with Gasteiger partial charge in [0.2, 0.25) is 25.9 Å². The summed E-state index contributed by atoms with van der Waals surface area (Å²) < 4.78 is 65.8. The van der Waals surface area contributed by atoms with Gasteiger partial charge in [-0.15, -0.1) is 0 Å². The predicted octanol–water partition coefficient (Wildman–Crippen LogP) is 9.82. The van der Waals surface area contributed by atoms with E-state index in [1.54, 1.807) is 24.3 Å². The van der Waals surface area contributed by atoms with E-state index in [4.69, 9.17) is 21.1 Å². The van der Waals surface area contributed by atoms with Gasteiger partial charge in [0.15, 0.2) is 11.5 Å². The molecule has 0 saturated heterocycles. The number of H-pyrrole nitrogens is 1. The van der Waals surface area contributed by atoms with Crippen molar-refractivity contribution < 1.29 is 31.1 Å².